The maximum atomic E-state index is 5.43. The van der Waals surface area contributed by atoms with Gasteiger partial charge in [-0.25, -0.2) is 0 Å². The Morgan fingerprint density at radius 2 is 1.80 bits per heavy atom. The molecule has 0 aromatic heterocycles. The first-order chi connectivity index (χ1) is 9.63. The fraction of sp³-hybridized carbons (Fsp3) is 0.294. The fourth-order valence-electron chi connectivity index (χ4n) is 2.47. The molecule has 20 heavy (non-hydrogen) atoms. The van der Waals surface area contributed by atoms with Crippen molar-refractivity contribution >= 4 is 5.69 Å². The minimum atomic E-state index is 0.214. The van der Waals surface area contributed by atoms with Crippen LogP contribution in [-0.4, -0.2) is 6.79 Å². The monoisotopic (exact) mass is 269 g/mol. The molecule has 1 heterocycles. The lowest BCUT2D eigenvalue weighted by molar-refractivity contribution is 0.174. The molecule has 1 aliphatic rings. The smallest absolute Gasteiger partial charge is 0.231 e. The molecular formula is C17H19NO2. The lowest BCUT2D eigenvalue weighted by Crippen LogP contribution is -2.07. The van der Waals surface area contributed by atoms with E-state index in [-0.39, 0.29) is 6.04 Å². The molecule has 0 aliphatic carbocycles. The Morgan fingerprint density at radius 1 is 1.00 bits per heavy atom. The van der Waals surface area contributed by atoms with Crippen LogP contribution in [0.25, 0.3) is 0 Å². The Balaban J connectivity index is 1.80. The molecule has 3 rings (SSSR count). The van der Waals surface area contributed by atoms with Gasteiger partial charge in [0.2, 0.25) is 6.79 Å². The molecule has 0 bridgehead atoms. The van der Waals surface area contributed by atoms with Crippen LogP contribution < -0.4 is 14.8 Å². The van der Waals surface area contributed by atoms with Gasteiger partial charge < -0.3 is 14.8 Å². The third-order valence-electron chi connectivity index (χ3n) is 3.65. The van der Waals surface area contributed by atoms with Crippen molar-refractivity contribution in [3.05, 3.63) is 53.1 Å². The summed E-state index contributed by atoms with van der Waals surface area (Å²) < 4.78 is 10.8. The second-order valence-corrected chi connectivity index (χ2v) is 5.30. The average molecular weight is 269 g/mol. The first-order valence-corrected chi connectivity index (χ1v) is 6.87. The molecule has 0 fully saturated rings. The molecule has 104 valence electrons. The number of nitrogens with one attached hydrogen (secondary N) is 1. The van der Waals surface area contributed by atoms with Gasteiger partial charge in [-0.15, -0.1) is 0 Å². The SMILES string of the molecule is Cc1ccc(NC(C)c2ccc3c(c2)OCO3)c(C)c1. The molecule has 0 saturated heterocycles. The van der Waals surface area contributed by atoms with Crippen molar-refractivity contribution < 1.29 is 9.47 Å². The Bertz CT molecular complexity index is 637. The van der Waals surface area contributed by atoms with E-state index >= 15 is 0 Å². The van der Waals surface area contributed by atoms with Crippen LogP contribution in [0.4, 0.5) is 5.69 Å². The number of benzene rings is 2. The van der Waals surface area contributed by atoms with Gasteiger partial charge in [0.1, 0.15) is 0 Å². The van der Waals surface area contributed by atoms with Gasteiger partial charge in [0.05, 0.1) is 0 Å². The van der Waals surface area contributed by atoms with Crippen LogP contribution in [0.5, 0.6) is 11.5 Å². The molecule has 0 spiro atoms. The van der Waals surface area contributed by atoms with Gasteiger partial charge in [-0.05, 0) is 50.1 Å². The highest BCUT2D eigenvalue weighted by Gasteiger charge is 2.15. The van der Waals surface area contributed by atoms with Crippen molar-refractivity contribution in [1.29, 1.82) is 0 Å². The number of hydrogen-bond acceptors (Lipinski definition) is 3. The minimum Gasteiger partial charge on any atom is -0.454 e. The maximum absolute atomic E-state index is 5.43. The highest BCUT2D eigenvalue weighted by molar-refractivity contribution is 5.54. The van der Waals surface area contributed by atoms with E-state index in [1.54, 1.807) is 0 Å². The lowest BCUT2D eigenvalue weighted by atomic mass is 10.1. The molecular weight excluding hydrogens is 250 g/mol. The van der Waals surface area contributed by atoms with Crippen LogP contribution in [0, 0.1) is 13.8 Å². The van der Waals surface area contributed by atoms with E-state index < -0.39 is 0 Å². The van der Waals surface area contributed by atoms with Crippen molar-refractivity contribution in [3.8, 4) is 11.5 Å². The average Bonchev–Trinajstić information content (AvgIpc) is 2.89. The molecule has 2 aromatic carbocycles. The molecule has 0 radical (unpaired) electrons. The summed E-state index contributed by atoms with van der Waals surface area (Å²) in [6.07, 6.45) is 0. The van der Waals surface area contributed by atoms with Gasteiger partial charge in [0.25, 0.3) is 0 Å². The Hall–Kier alpha value is -2.16. The predicted molar refractivity (Wildman–Crippen MR) is 80.5 cm³/mol. The highest BCUT2D eigenvalue weighted by Crippen LogP contribution is 2.35. The second kappa shape index (κ2) is 5.08. The second-order valence-electron chi connectivity index (χ2n) is 5.30. The Morgan fingerprint density at radius 3 is 2.60 bits per heavy atom. The number of hydrogen-bond donors (Lipinski definition) is 1. The molecule has 1 unspecified atom stereocenters. The number of rotatable bonds is 3. The van der Waals surface area contributed by atoms with Gasteiger partial charge in [-0.1, -0.05) is 23.8 Å². The quantitative estimate of drug-likeness (QED) is 0.905. The summed E-state index contributed by atoms with van der Waals surface area (Å²) in [6, 6.07) is 12.8. The van der Waals surface area contributed by atoms with Crippen molar-refractivity contribution in [2.45, 2.75) is 26.8 Å². The topological polar surface area (TPSA) is 30.5 Å². The van der Waals surface area contributed by atoms with E-state index in [1.807, 2.05) is 12.1 Å². The van der Waals surface area contributed by atoms with Crippen molar-refractivity contribution in [1.82, 2.24) is 0 Å². The zero-order chi connectivity index (χ0) is 14.1. The van der Waals surface area contributed by atoms with E-state index in [9.17, 15) is 0 Å². The summed E-state index contributed by atoms with van der Waals surface area (Å²) in [5.41, 5.74) is 4.90. The van der Waals surface area contributed by atoms with E-state index in [4.69, 9.17) is 9.47 Å². The standard InChI is InChI=1S/C17H19NO2/c1-11-4-6-15(12(2)8-11)18-13(3)14-5-7-16-17(9-14)20-10-19-16/h4-9,13,18H,10H2,1-3H3. The Kier molecular flexibility index (Phi) is 3.26. The molecule has 3 heteroatoms. The number of fused-ring (bicyclic) bond motifs is 1. The molecule has 3 nitrogen and oxygen atoms in total. The normalized spacial score (nSPS) is 14.2. The third-order valence-corrected chi connectivity index (χ3v) is 3.65. The van der Waals surface area contributed by atoms with E-state index in [0.29, 0.717) is 6.79 Å². The van der Waals surface area contributed by atoms with Crippen molar-refractivity contribution in [2.24, 2.45) is 0 Å². The van der Waals surface area contributed by atoms with E-state index in [1.165, 1.54) is 22.4 Å². The van der Waals surface area contributed by atoms with Crippen molar-refractivity contribution in [3.63, 3.8) is 0 Å². The summed E-state index contributed by atoms with van der Waals surface area (Å²) in [6.45, 7) is 6.70. The molecule has 1 atom stereocenters. The van der Waals surface area contributed by atoms with Gasteiger partial charge in [-0.2, -0.15) is 0 Å². The van der Waals surface area contributed by atoms with Crippen LogP contribution in [0.3, 0.4) is 0 Å². The van der Waals surface area contributed by atoms with E-state index in [0.717, 1.165) is 11.5 Å². The minimum absolute atomic E-state index is 0.214. The molecule has 0 amide bonds. The van der Waals surface area contributed by atoms with Crippen LogP contribution in [0.15, 0.2) is 36.4 Å². The van der Waals surface area contributed by atoms with Gasteiger partial charge in [-0.3, -0.25) is 0 Å². The summed E-state index contributed by atoms with van der Waals surface area (Å²) in [7, 11) is 0. The number of aryl methyl sites for hydroxylation is 2. The van der Waals surface area contributed by atoms with Crippen molar-refractivity contribution in [2.75, 3.05) is 12.1 Å². The molecule has 2 aromatic rings. The largest absolute Gasteiger partial charge is 0.454 e. The zero-order valence-electron chi connectivity index (χ0n) is 12.1. The van der Waals surface area contributed by atoms with Gasteiger partial charge in [0, 0.05) is 11.7 Å². The highest BCUT2D eigenvalue weighted by atomic mass is 16.7. The number of ether oxygens (including phenoxy) is 2. The first-order valence-electron chi connectivity index (χ1n) is 6.87. The maximum Gasteiger partial charge on any atom is 0.231 e. The summed E-state index contributed by atoms with van der Waals surface area (Å²) in [4.78, 5) is 0. The molecule has 1 aliphatic heterocycles. The summed E-state index contributed by atoms with van der Waals surface area (Å²) >= 11 is 0. The Labute approximate surface area is 119 Å². The molecule has 0 saturated carbocycles. The van der Waals surface area contributed by atoms with Gasteiger partial charge >= 0.3 is 0 Å². The summed E-state index contributed by atoms with van der Waals surface area (Å²) in [5, 5.41) is 3.55. The predicted octanol–water partition coefficient (Wildman–Crippen LogP) is 4.21. The molecule has 1 N–H and O–H groups in total. The third kappa shape index (κ3) is 2.44. The lowest BCUT2D eigenvalue weighted by Gasteiger charge is -2.18. The fourth-order valence-corrected chi connectivity index (χ4v) is 2.47. The van der Waals surface area contributed by atoms with E-state index in [2.05, 4.69) is 50.4 Å². The van der Waals surface area contributed by atoms with Crippen LogP contribution >= 0.6 is 0 Å². The van der Waals surface area contributed by atoms with Crippen LogP contribution in [0.1, 0.15) is 29.7 Å². The zero-order valence-corrected chi connectivity index (χ0v) is 12.1. The first kappa shape index (κ1) is 12.9. The van der Waals surface area contributed by atoms with Gasteiger partial charge in [0.15, 0.2) is 11.5 Å². The van der Waals surface area contributed by atoms with Crippen LogP contribution in [-0.2, 0) is 0 Å². The summed E-state index contributed by atoms with van der Waals surface area (Å²) in [5.74, 6) is 1.66. The number of anilines is 1. The van der Waals surface area contributed by atoms with Crippen LogP contribution in [0.2, 0.25) is 0 Å².